The molecule has 0 aliphatic rings. The highest BCUT2D eigenvalue weighted by atomic mass is 35.5. The number of halogens is 4. The molecule has 1 aromatic heterocycles. The number of fused-ring (bicyclic) bond motifs is 1. The van der Waals surface area contributed by atoms with E-state index in [0.29, 0.717) is 27.7 Å². The fraction of sp³-hybridized carbons (Fsp3) is 0.103. The topological polar surface area (TPSA) is 65.2 Å². The molecule has 0 aliphatic carbocycles. The molecular weight excluding hydrogens is 515 g/mol. The summed E-state index contributed by atoms with van der Waals surface area (Å²) in [7, 11) is 3.83. The second kappa shape index (κ2) is 11.8. The molecule has 0 saturated heterocycles. The van der Waals surface area contributed by atoms with Crippen LogP contribution in [0.1, 0.15) is 16.7 Å². The number of H-pyrrole nitrogens is 1. The molecule has 5 nitrogen and oxygen atoms in total. The number of hydrogen-bond donors (Lipinski definition) is 2. The number of aromatic amines is 1. The highest BCUT2D eigenvalue weighted by molar-refractivity contribution is 6.05. The Hall–Kier alpha value is -4.30. The van der Waals surface area contributed by atoms with E-state index in [1.165, 1.54) is 24.3 Å². The lowest BCUT2D eigenvalue weighted by molar-refractivity contribution is -0.137. The second-order valence-corrected chi connectivity index (χ2v) is 8.53. The lowest BCUT2D eigenvalue weighted by Crippen LogP contribution is -2.09. The molecule has 196 valence electrons. The number of anilines is 2. The molecule has 0 bridgehead atoms. The van der Waals surface area contributed by atoms with Crippen molar-refractivity contribution in [1.82, 2.24) is 4.98 Å². The zero-order chi connectivity index (χ0) is 26.6. The number of alkyl halides is 3. The Bertz CT molecular complexity index is 1540. The lowest BCUT2D eigenvalue weighted by Gasteiger charge is -2.14. The van der Waals surface area contributed by atoms with Crippen LogP contribution in [0.4, 0.5) is 24.5 Å². The number of allylic oxidation sites excluding steroid dienone is 2. The first-order valence-corrected chi connectivity index (χ1v) is 11.4. The van der Waals surface area contributed by atoms with Crippen molar-refractivity contribution in [2.75, 3.05) is 24.3 Å². The van der Waals surface area contributed by atoms with Crippen molar-refractivity contribution in [1.29, 1.82) is 0 Å². The molecule has 38 heavy (non-hydrogen) atoms. The van der Waals surface area contributed by atoms with Gasteiger partial charge in [0, 0.05) is 37.3 Å². The van der Waals surface area contributed by atoms with Crippen LogP contribution in [0.2, 0.25) is 0 Å². The van der Waals surface area contributed by atoms with Crippen molar-refractivity contribution < 1.29 is 18.0 Å². The van der Waals surface area contributed by atoms with E-state index in [4.69, 9.17) is 0 Å². The predicted molar refractivity (Wildman–Crippen MR) is 149 cm³/mol. The number of aromatic nitrogens is 1. The number of nitrogens with zero attached hydrogens (tertiary/aromatic N) is 1. The van der Waals surface area contributed by atoms with Crippen LogP contribution in [-0.4, -0.2) is 25.0 Å². The Labute approximate surface area is 223 Å². The lowest BCUT2D eigenvalue weighted by atomic mass is 9.96. The van der Waals surface area contributed by atoms with E-state index in [9.17, 15) is 22.8 Å². The first-order chi connectivity index (χ1) is 17.6. The summed E-state index contributed by atoms with van der Waals surface area (Å²) in [5, 5.41) is 3.48. The fourth-order valence-electron chi connectivity index (χ4n) is 3.84. The zero-order valence-corrected chi connectivity index (χ0v) is 21.4. The maximum absolute atomic E-state index is 13.1. The standard InChI is InChI=1S/C29H24F3N3O2.ClH/c1-35(2)22-15-11-20(12-16-22)23(19-9-13-21(14-10-19)29(30,31)32)5-3-8-27(36)33-25-6-4-7-26-24(25)17-18-28(37)34-26;/h3-18H,1-2H3,(H,33,36)(H,34,37);1H/b8-3+,23-5-;. The molecule has 0 aliphatic heterocycles. The van der Waals surface area contributed by atoms with Gasteiger partial charge in [-0.25, -0.2) is 0 Å². The maximum atomic E-state index is 13.1. The molecule has 9 heteroatoms. The van der Waals surface area contributed by atoms with E-state index in [2.05, 4.69) is 10.3 Å². The monoisotopic (exact) mass is 539 g/mol. The molecule has 4 aromatic rings. The van der Waals surface area contributed by atoms with Crippen LogP contribution in [0.5, 0.6) is 0 Å². The third-order valence-electron chi connectivity index (χ3n) is 5.75. The molecule has 2 N–H and O–H groups in total. The average molecular weight is 540 g/mol. The van der Waals surface area contributed by atoms with Gasteiger partial charge in [0.2, 0.25) is 11.5 Å². The number of benzene rings is 3. The van der Waals surface area contributed by atoms with Crippen molar-refractivity contribution >= 4 is 46.2 Å². The largest absolute Gasteiger partial charge is 0.416 e. The van der Waals surface area contributed by atoms with Crippen LogP contribution < -0.4 is 15.8 Å². The summed E-state index contributed by atoms with van der Waals surface area (Å²) < 4.78 is 39.2. The van der Waals surface area contributed by atoms with Crippen LogP contribution >= 0.6 is 12.4 Å². The molecule has 1 heterocycles. The molecule has 0 saturated carbocycles. The highest BCUT2D eigenvalue weighted by Crippen LogP contribution is 2.32. The Kier molecular flexibility index (Phi) is 8.80. The number of carbonyl (C=O) groups excluding carboxylic acids is 1. The van der Waals surface area contributed by atoms with Gasteiger partial charge >= 0.3 is 6.18 Å². The van der Waals surface area contributed by atoms with Gasteiger partial charge in [0.25, 0.3) is 0 Å². The van der Waals surface area contributed by atoms with E-state index in [-0.39, 0.29) is 18.0 Å². The predicted octanol–water partition coefficient (Wildman–Crippen LogP) is 6.66. The third kappa shape index (κ3) is 6.72. The molecule has 0 radical (unpaired) electrons. The Morgan fingerprint density at radius 1 is 0.895 bits per heavy atom. The number of carbonyl (C=O) groups is 1. The van der Waals surface area contributed by atoms with Crippen LogP contribution in [0, 0.1) is 0 Å². The maximum Gasteiger partial charge on any atom is 0.416 e. The Morgan fingerprint density at radius 2 is 1.53 bits per heavy atom. The van der Waals surface area contributed by atoms with Gasteiger partial charge < -0.3 is 15.2 Å². The van der Waals surface area contributed by atoms with Crippen LogP contribution in [-0.2, 0) is 11.0 Å². The van der Waals surface area contributed by atoms with Crippen molar-refractivity contribution in [2.24, 2.45) is 0 Å². The van der Waals surface area contributed by atoms with Crippen molar-refractivity contribution in [2.45, 2.75) is 6.18 Å². The quantitative estimate of drug-likeness (QED) is 0.213. The summed E-state index contributed by atoms with van der Waals surface area (Å²) in [6.45, 7) is 0. The number of nitrogens with one attached hydrogen (secondary N) is 2. The number of rotatable bonds is 6. The molecule has 3 aromatic carbocycles. The summed E-state index contributed by atoms with van der Waals surface area (Å²) in [4.78, 5) is 28.8. The van der Waals surface area contributed by atoms with Gasteiger partial charge in [-0.15, -0.1) is 12.4 Å². The van der Waals surface area contributed by atoms with Crippen molar-refractivity contribution in [3.63, 3.8) is 0 Å². The molecule has 0 atom stereocenters. The van der Waals surface area contributed by atoms with E-state index < -0.39 is 17.6 Å². The van der Waals surface area contributed by atoms with Gasteiger partial charge in [0.05, 0.1) is 16.8 Å². The fourth-order valence-corrected chi connectivity index (χ4v) is 3.84. The first-order valence-electron chi connectivity index (χ1n) is 11.4. The molecular formula is C29H25ClF3N3O2. The van der Waals surface area contributed by atoms with Gasteiger partial charge in [-0.3, -0.25) is 9.59 Å². The Balaban J connectivity index is 0.00000400. The first kappa shape index (κ1) is 28.3. The summed E-state index contributed by atoms with van der Waals surface area (Å²) >= 11 is 0. The molecule has 0 unspecified atom stereocenters. The minimum Gasteiger partial charge on any atom is -0.378 e. The van der Waals surface area contributed by atoms with Crippen LogP contribution in [0.25, 0.3) is 16.5 Å². The van der Waals surface area contributed by atoms with Gasteiger partial charge in [0.15, 0.2) is 0 Å². The van der Waals surface area contributed by atoms with Crippen LogP contribution in [0.3, 0.4) is 0 Å². The van der Waals surface area contributed by atoms with Crippen molar-refractivity contribution in [3.05, 3.63) is 124 Å². The summed E-state index contributed by atoms with van der Waals surface area (Å²) in [6.07, 6.45) is 0.147. The summed E-state index contributed by atoms with van der Waals surface area (Å²) in [6, 6.07) is 20.7. The molecule has 0 fully saturated rings. The normalized spacial score (nSPS) is 11.9. The van der Waals surface area contributed by atoms with Crippen LogP contribution in [0.15, 0.2) is 102 Å². The summed E-state index contributed by atoms with van der Waals surface area (Å²) in [5.74, 6) is -0.398. The van der Waals surface area contributed by atoms with Crippen molar-refractivity contribution in [3.8, 4) is 0 Å². The SMILES string of the molecule is CN(C)c1ccc(/C(=C\C=C\C(=O)Nc2cccc3[nH]c(=O)ccc23)c2ccc(C(F)(F)F)cc2)cc1.Cl. The smallest absolute Gasteiger partial charge is 0.378 e. The Morgan fingerprint density at radius 3 is 2.13 bits per heavy atom. The van der Waals surface area contributed by atoms with Gasteiger partial charge in [0.1, 0.15) is 0 Å². The minimum atomic E-state index is -4.43. The van der Waals surface area contributed by atoms with Gasteiger partial charge in [-0.2, -0.15) is 13.2 Å². The second-order valence-electron chi connectivity index (χ2n) is 8.53. The molecule has 1 amide bonds. The van der Waals surface area contributed by atoms with E-state index in [1.54, 1.807) is 36.4 Å². The minimum absolute atomic E-state index is 0. The number of hydrogen-bond acceptors (Lipinski definition) is 3. The molecule has 4 rings (SSSR count). The van der Waals surface area contributed by atoms with Gasteiger partial charge in [-0.05, 0) is 59.2 Å². The molecule has 0 spiro atoms. The van der Waals surface area contributed by atoms with Gasteiger partial charge in [-0.1, -0.05) is 42.5 Å². The van der Waals surface area contributed by atoms with E-state index in [1.807, 2.05) is 43.3 Å². The highest BCUT2D eigenvalue weighted by Gasteiger charge is 2.30. The number of amides is 1. The average Bonchev–Trinajstić information content (AvgIpc) is 2.86. The van der Waals surface area contributed by atoms with E-state index >= 15 is 0 Å². The third-order valence-corrected chi connectivity index (χ3v) is 5.75. The number of pyridine rings is 1. The van der Waals surface area contributed by atoms with E-state index in [0.717, 1.165) is 23.4 Å². The summed E-state index contributed by atoms with van der Waals surface area (Å²) in [5.41, 5.74) is 3.16. The zero-order valence-electron chi connectivity index (χ0n) is 20.5.